The van der Waals surface area contributed by atoms with Crippen LogP contribution in [0.5, 0.6) is 0 Å². The largest absolute Gasteiger partial charge is 0.338 e. The Balaban J connectivity index is 1.48. The number of rotatable bonds is 3. The van der Waals surface area contributed by atoms with Crippen LogP contribution in [0.25, 0.3) is 0 Å². The van der Waals surface area contributed by atoms with Crippen LogP contribution in [0, 0.1) is 5.41 Å². The molecule has 0 N–H and O–H groups in total. The molecule has 4 rings (SSSR count). The molecule has 7 heteroatoms. The number of piperidine rings is 1. The summed E-state index contributed by atoms with van der Waals surface area (Å²) in [6.45, 7) is 2.42. The van der Waals surface area contributed by atoms with Crippen molar-refractivity contribution in [2.75, 3.05) is 19.6 Å². The fraction of sp³-hybridized carbons (Fsp3) is 0.421. The van der Waals surface area contributed by atoms with Crippen LogP contribution < -0.4 is 0 Å². The second kappa shape index (κ2) is 6.82. The van der Waals surface area contributed by atoms with Gasteiger partial charge in [-0.15, -0.1) is 0 Å². The molecule has 2 saturated heterocycles. The molecular formula is C19H21N5O2. The van der Waals surface area contributed by atoms with Gasteiger partial charge in [-0.2, -0.15) is 0 Å². The lowest BCUT2D eigenvalue weighted by Crippen LogP contribution is -2.49. The first kappa shape index (κ1) is 16.6. The third-order valence-electron chi connectivity index (χ3n) is 5.34. The maximum atomic E-state index is 13.1. The highest BCUT2D eigenvalue weighted by Gasteiger charge is 2.49. The number of carbonyl (C=O) groups is 2. The van der Waals surface area contributed by atoms with Crippen molar-refractivity contribution in [1.29, 1.82) is 0 Å². The molecule has 1 spiro atoms. The molecule has 2 fully saturated rings. The molecule has 7 nitrogen and oxygen atoms in total. The summed E-state index contributed by atoms with van der Waals surface area (Å²) in [6, 6.07) is 3.86. The van der Waals surface area contributed by atoms with E-state index < -0.39 is 5.41 Å². The standard InChI is InChI=1S/C19H21N5O2/c25-17(16-12-21-7-8-22-16)24-9-2-4-19(14-24)5-10-23(18(19)26)13-15-3-1-6-20-11-15/h1,3,6-8,11-12H,2,4-5,9-10,13-14H2. The van der Waals surface area contributed by atoms with Gasteiger partial charge >= 0.3 is 0 Å². The first-order chi connectivity index (χ1) is 12.7. The van der Waals surface area contributed by atoms with Crippen molar-refractivity contribution >= 4 is 11.8 Å². The van der Waals surface area contributed by atoms with Crippen LogP contribution >= 0.6 is 0 Å². The lowest BCUT2D eigenvalue weighted by molar-refractivity contribution is -0.138. The number of aromatic nitrogens is 3. The Kier molecular flexibility index (Phi) is 4.36. The van der Waals surface area contributed by atoms with E-state index in [2.05, 4.69) is 15.0 Å². The summed E-state index contributed by atoms with van der Waals surface area (Å²) >= 11 is 0. The molecule has 134 valence electrons. The van der Waals surface area contributed by atoms with Gasteiger partial charge in [0, 0.05) is 51.0 Å². The molecule has 2 amide bonds. The van der Waals surface area contributed by atoms with Crippen LogP contribution in [0.3, 0.4) is 0 Å². The molecule has 2 aromatic heterocycles. The topological polar surface area (TPSA) is 79.3 Å². The van der Waals surface area contributed by atoms with E-state index in [1.807, 2.05) is 17.0 Å². The maximum Gasteiger partial charge on any atom is 0.274 e. The van der Waals surface area contributed by atoms with E-state index >= 15 is 0 Å². The molecule has 0 bridgehead atoms. The number of hydrogen-bond acceptors (Lipinski definition) is 5. The van der Waals surface area contributed by atoms with Crippen molar-refractivity contribution in [2.24, 2.45) is 5.41 Å². The third-order valence-corrected chi connectivity index (χ3v) is 5.34. The van der Waals surface area contributed by atoms with Crippen molar-refractivity contribution in [2.45, 2.75) is 25.8 Å². The average molecular weight is 351 g/mol. The average Bonchev–Trinajstić information content (AvgIpc) is 2.98. The van der Waals surface area contributed by atoms with Crippen molar-refractivity contribution < 1.29 is 9.59 Å². The first-order valence-electron chi connectivity index (χ1n) is 8.92. The predicted molar refractivity (Wildman–Crippen MR) is 93.9 cm³/mol. The van der Waals surface area contributed by atoms with Gasteiger partial charge in [0.1, 0.15) is 5.69 Å². The molecule has 0 saturated carbocycles. The minimum absolute atomic E-state index is 0.143. The van der Waals surface area contributed by atoms with Gasteiger partial charge in [-0.25, -0.2) is 4.98 Å². The SMILES string of the molecule is O=C(c1cnccn1)N1CCCC2(CCN(Cc3cccnc3)C2=O)C1. The molecule has 2 aromatic rings. The molecule has 1 unspecified atom stereocenters. The van der Waals surface area contributed by atoms with E-state index in [0.717, 1.165) is 31.4 Å². The smallest absolute Gasteiger partial charge is 0.274 e. The van der Waals surface area contributed by atoms with E-state index in [4.69, 9.17) is 0 Å². The number of amides is 2. The van der Waals surface area contributed by atoms with Crippen LogP contribution in [0.2, 0.25) is 0 Å². The molecular weight excluding hydrogens is 330 g/mol. The quantitative estimate of drug-likeness (QED) is 0.838. The van der Waals surface area contributed by atoms with E-state index in [1.54, 1.807) is 23.5 Å². The molecule has 4 heterocycles. The second-order valence-electron chi connectivity index (χ2n) is 7.04. The van der Waals surface area contributed by atoms with Gasteiger partial charge in [0.25, 0.3) is 5.91 Å². The Bertz CT molecular complexity index is 798. The van der Waals surface area contributed by atoms with Crippen LogP contribution in [-0.2, 0) is 11.3 Å². The normalized spacial score (nSPS) is 22.8. The Morgan fingerprint density at radius 3 is 2.77 bits per heavy atom. The summed E-state index contributed by atoms with van der Waals surface area (Å²) in [5, 5.41) is 0. The molecule has 0 aromatic carbocycles. The molecule has 1 atom stereocenters. The van der Waals surface area contributed by atoms with E-state index in [1.165, 1.54) is 12.4 Å². The van der Waals surface area contributed by atoms with Gasteiger partial charge in [-0.1, -0.05) is 6.07 Å². The summed E-state index contributed by atoms with van der Waals surface area (Å²) in [6.07, 6.45) is 10.5. The van der Waals surface area contributed by atoms with E-state index in [9.17, 15) is 9.59 Å². The fourth-order valence-electron chi connectivity index (χ4n) is 4.01. The lowest BCUT2D eigenvalue weighted by atomic mass is 9.78. The zero-order valence-electron chi connectivity index (χ0n) is 14.5. The van der Waals surface area contributed by atoms with E-state index in [-0.39, 0.29) is 11.8 Å². The third kappa shape index (κ3) is 3.05. The van der Waals surface area contributed by atoms with Crippen molar-refractivity contribution in [1.82, 2.24) is 24.8 Å². The highest BCUT2D eigenvalue weighted by Crippen LogP contribution is 2.40. The first-order valence-corrected chi connectivity index (χ1v) is 8.92. The highest BCUT2D eigenvalue weighted by atomic mass is 16.2. The fourth-order valence-corrected chi connectivity index (χ4v) is 4.01. The van der Waals surface area contributed by atoms with Gasteiger partial charge < -0.3 is 9.80 Å². The minimum atomic E-state index is -0.460. The molecule has 2 aliphatic heterocycles. The van der Waals surface area contributed by atoms with Crippen LogP contribution in [0.1, 0.15) is 35.3 Å². The van der Waals surface area contributed by atoms with Crippen LogP contribution in [0.4, 0.5) is 0 Å². The minimum Gasteiger partial charge on any atom is -0.338 e. The molecule has 26 heavy (non-hydrogen) atoms. The summed E-state index contributed by atoms with van der Waals surface area (Å²) < 4.78 is 0. The number of nitrogens with zero attached hydrogens (tertiary/aromatic N) is 5. The Labute approximate surface area is 152 Å². The summed E-state index contributed by atoms with van der Waals surface area (Å²) in [5.41, 5.74) is 0.904. The Hall–Kier alpha value is -2.83. The maximum absolute atomic E-state index is 13.1. The second-order valence-corrected chi connectivity index (χ2v) is 7.04. The molecule has 2 aliphatic rings. The monoisotopic (exact) mass is 351 g/mol. The van der Waals surface area contributed by atoms with Crippen LogP contribution in [-0.4, -0.2) is 56.2 Å². The van der Waals surface area contributed by atoms with Crippen molar-refractivity contribution in [3.05, 3.63) is 54.4 Å². The van der Waals surface area contributed by atoms with Gasteiger partial charge in [0.05, 0.1) is 11.6 Å². The number of pyridine rings is 1. The summed E-state index contributed by atoms with van der Waals surface area (Å²) in [5.74, 6) is 0.00804. The molecule has 0 radical (unpaired) electrons. The zero-order valence-corrected chi connectivity index (χ0v) is 14.5. The van der Waals surface area contributed by atoms with Crippen LogP contribution in [0.15, 0.2) is 43.1 Å². The van der Waals surface area contributed by atoms with Crippen molar-refractivity contribution in [3.8, 4) is 0 Å². The molecule has 0 aliphatic carbocycles. The Morgan fingerprint density at radius 2 is 2.00 bits per heavy atom. The van der Waals surface area contributed by atoms with Crippen molar-refractivity contribution in [3.63, 3.8) is 0 Å². The number of likely N-dealkylation sites (tertiary alicyclic amines) is 2. The highest BCUT2D eigenvalue weighted by molar-refractivity contribution is 5.93. The van der Waals surface area contributed by atoms with Gasteiger partial charge in [-0.05, 0) is 30.9 Å². The van der Waals surface area contributed by atoms with Gasteiger partial charge in [-0.3, -0.25) is 19.6 Å². The van der Waals surface area contributed by atoms with E-state index in [0.29, 0.717) is 25.3 Å². The Morgan fingerprint density at radius 1 is 1.12 bits per heavy atom. The number of hydrogen-bond donors (Lipinski definition) is 0. The lowest BCUT2D eigenvalue weighted by Gasteiger charge is -2.38. The predicted octanol–water partition coefficient (Wildman–Crippen LogP) is 1.53. The number of carbonyl (C=O) groups excluding carboxylic acids is 2. The van der Waals surface area contributed by atoms with Gasteiger partial charge in [0.2, 0.25) is 5.91 Å². The zero-order chi connectivity index (χ0) is 18.0. The van der Waals surface area contributed by atoms with Gasteiger partial charge in [0.15, 0.2) is 0 Å². The summed E-state index contributed by atoms with van der Waals surface area (Å²) in [7, 11) is 0. The summed E-state index contributed by atoms with van der Waals surface area (Å²) in [4.78, 5) is 41.7.